The van der Waals surface area contributed by atoms with Crippen LogP contribution >= 0.6 is 11.8 Å². The number of hydrogen-bond donors (Lipinski definition) is 0. The number of fused-ring (bicyclic) bond motifs is 1. The lowest BCUT2D eigenvalue weighted by Gasteiger charge is -2.17. The van der Waals surface area contributed by atoms with Crippen molar-refractivity contribution in [3.05, 3.63) is 71.3 Å². The number of amides is 1. The van der Waals surface area contributed by atoms with Crippen molar-refractivity contribution in [1.29, 1.82) is 0 Å². The number of rotatable bonds is 2. The zero-order chi connectivity index (χ0) is 14.8. The average molecular weight is 295 g/mol. The van der Waals surface area contributed by atoms with Gasteiger partial charge in [-0.05, 0) is 24.3 Å². The monoisotopic (exact) mass is 295 g/mol. The lowest BCUT2D eigenvalue weighted by atomic mass is 10.1. The molecule has 0 fully saturated rings. The molecule has 0 radical (unpaired) electrons. The van der Waals surface area contributed by atoms with E-state index in [1.54, 1.807) is 6.20 Å². The summed E-state index contributed by atoms with van der Waals surface area (Å²) in [6, 6.07) is 16.8. The molecule has 1 heterocycles. The van der Waals surface area contributed by atoms with Crippen LogP contribution in [0.25, 0.3) is 0 Å². The number of benzene rings is 2. The molecule has 3 nitrogen and oxygen atoms in total. The van der Waals surface area contributed by atoms with Gasteiger partial charge >= 0.3 is 0 Å². The van der Waals surface area contributed by atoms with E-state index < -0.39 is 0 Å². The summed E-state index contributed by atoms with van der Waals surface area (Å²) in [6.45, 7) is 1.49. The minimum atomic E-state index is -0.127. The summed E-state index contributed by atoms with van der Waals surface area (Å²) < 4.78 is 0. The maximum Gasteiger partial charge on any atom is 0.227 e. The molecule has 0 saturated carbocycles. The Labute approximate surface area is 127 Å². The zero-order valence-corrected chi connectivity index (χ0v) is 12.3. The van der Waals surface area contributed by atoms with Gasteiger partial charge in [-0.2, -0.15) is 0 Å². The van der Waals surface area contributed by atoms with Gasteiger partial charge in [-0.3, -0.25) is 14.5 Å². The highest BCUT2D eigenvalue weighted by Crippen LogP contribution is 2.40. The molecule has 2 aromatic rings. The van der Waals surface area contributed by atoms with E-state index >= 15 is 0 Å². The fourth-order valence-electron chi connectivity index (χ4n) is 2.18. The number of thioether (sulfide) groups is 1. The van der Waals surface area contributed by atoms with Gasteiger partial charge in [0.15, 0.2) is 0 Å². The number of hydrogen-bond acceptors (Lipinski definition) is 3. The first-order valence-electron chi connectivity index (χ1n) is 6.55. The van der Waals surface area contributed by atoms with Crippen LogP contribution in [0.3, 0.4) is 0 Å². The molecule has 0 spiro atoms. The summed E-state index contributed by atoms with van der Waals surface area (Å²) >= 11 is 1.40. The summed E-state index contributed by atoms with van der Waals surface area (Å²) in [5.74, 6) is -0.157. The van der Waals surface area contributed by atoms with E-state index in [2.05, 4.69) is 0 Å². The highest BCUT2D eigenvalue weighted by atomic mass is 32.2. The van der Waals surface area contributed by atoms with Crippen molar-refractivity contribution in [2.24, 2.45) is 0 Å². The van der Waals surface area contributed by atoms with E-state index in [4.69, 9.17) is 0 Å². The fraction of sp³-hybridized carbons (Fsp3) is 0.0588. The second kappa shape index (κ2) is 5.58. The molecule has 0 aromatic heterocycles. The summed E-state index contributed by atoms with van der Waals surface area (Å²) in [5, 5.41) is 0. The van der Waals surface area contributed by atoms with Gasteiger partial charge in [-0.15, -0.1) is 0 Å². The molecule has 4 heteroatoms. The lowest BCUT2D eigenvalue weighted by molar-refractivity contribution is -0.116. The summed E-state index contributed by atoms with van der Waals surface area (Å²) in [7, 11) is 0. The molecule has 1 amide bonds. The Bertz CT molecular complexity index is 737. The highest BCUT2D eigenvalue weighted by molar-refractivity contribution is 8.04. The number of Topliss-reactive ketones (excluding diaryl/α,β-unsaturated/α-hetero) is 1. The summed E-state index contributed by atoms with van der Waals surface area (Å²) in [5.41, 5.74) is 1.45. The predicted molar refractivity (Wildman–Crippen MR) is 84.3 cm³/mol. The molecule has 2 aromatic carbocycles. The van der Waals surface area contributed by atoms with Crippen molar-refractivity contribution < 1.29 is 9.59 Å². The Morgan fingerprint density at radius 2 is 1.71 bits per heavy atom. The van der Waals surface area contributed by atoms with E-state index in [1.165, 1.54) is 23.6 Å². The molecule has 0 bridgehead atoms. The topological polar surface area (TPSA) is 37.4 Å². The molecule has 1 aliphatic heterocycles. The van der Waals surface area contributed by atoms with Gasteiger partial charge in [-0.1, -0.05) is 42.1 Å². The predicted octanol–water partition coefficient (Wildman–Crippen LogP) is 3.87. The molecular formula is C17H13NO2S. The van der Waals surface area contributed by atoms with Gasteiger partial charge in [-0.25, -0.2) is 0 Å². The maximum absolute atomic E-state index is 12.4. The molecule has 0 atom stereocenters. The second-order valence-corrected chi connectivity index (χ2v) is 5.73. The van der Waals surface area contributed by atoms with Crippen molar-refractivity contribution in [3.63, 3.8) is 0 Å². The van der Waals surface area contributed by atoms with Crippen LogP contribution in [0.1, 0.15) is 17.3 Å². The van der Waals surface area contributed by atoms with E-state index in [-0.39, 0.29) is 11.7 Å². The Balaban J connectivity index is 1.98. The smallest absolute Gasteiger partial charge is 0.227 e. The summed E-state index contributed by atoms with van der Waals surface area (Å²) in [6.07, 6.45) is 1.63. The van der Waals surface area contributed by atoms with Crippen molar-refractivity contribution >= 4 is 29.1 Å². The van der Waals surface area contributed by atoms with Crippen LogP contribution in [-0.4, -0.2) is 11.7 Å². The van der Waals surface area contributed by atoms with Crippen molar-refractivity contribution in [3.8, 4) is 0 Å². The Morgan fingerprint density at radius 3 is 2.38 bits per heavy atom. The number of nitrogens with zero attached hydrogens (tertiary/aromatic N) is 1. The van der Waals surface area contributed by atoms with Crippen LogP contribution in [0.5, 0.6) is 0 Å². The minimum Gasteiger partial charge on any atom is -0.288 e. The Morgan fingerprint density at radius 1 is 1.05 bits per heavy atom. The third-order valence-corrected chi connectivity index (χ3v) is 4.28. The van der Waals surface area contributed by atoms with E-state index in [9.17, 15) is 9.59 Å². The molecule has 0 N–H and O–H groups in total. The largest absolute Gasteiger partial charge is 0.288 e. The van der Waals surface area contributed by atoms with Gasteiger partial charge in [0.25, 0.3) is 0 Å². The molecule has 0 unspecified atom stereocenters. The quantitative estimate of drug-likeness (QED) is 0.789. The minimum absolute atomic E-state index is 0.0298. The normalized spacial score (nSPS) is 15.1. The van der Waals surface area contributed by atoms with Crippen LogP contribution in [0.2, 0.25) is 0 Å². The first-order chi connectivity index (χ1) is 10.2. The maximum atomic E-state index is 12.4. The average Bonchev–Trinajstić information content (AvgIpc) is 2.82. The summed E-state index contributed by atoms with van der Waals surface area (Å²) in [4.78, 5) is 27.2. The molecule has 104 valence electrons. The van der Waals surface area contributed by atoms with Gasteiger partial charge in [0.2, 0.25) is 11.7 Å². The van der Waals surface area contributed by atoms with Gasteiger partial charge in [0.1, 0.15) is 0 Å². The highest BCUT2D eigenvalue weighted by Gasteiger charge is 2.26. The second-order valence-electron chi connectivity index (χ2n) is 4.65. The first-order valence-corrected chi connectivity index (χ1v) is 7.37. The lowest BCUT2D eigenvalue weighted by Crippen LogP contribution is -2.22. The number of para-hydroxylation sites is 1. The van der Waals surface area contributed by atoms with Gasteiger partial charge < -0.3 is 0 Å². The molecule has 0 aliphatic carbocycles. The standard InChI is InChI=1S/C17H13NO2S/c1-12(19)18(13-7-3-2-4-8-13)11-16-17(20)14-9-5-6-10-15(14)21-16/h2-11H,1H3. The first kappa shape index (κ1) is 13.6. The molecular weight excluding hydrogens is 282 g/mol. The van der Waals surface area contributed by atoms with Crippen molar-refractivity contribution in [2.45, 2.75) is 11.8 Å². The van der Waals surface area contributed by atoms with E-state index in [0.29, 0.717) is 10.5 Å². The molecule has 3 rings (SSSR count). The molecule has 1 aliphatic rings. The zero-order valence-electron chi connectivity index (χ0n) is 11.4. The van der Waals surface area contributed by atoms with E-state index in [1.807, 2.05) is 54.6 Å². The molecule has 21 heavy (non-hydrogen) atoms. The Hall–Kier alpha value is -2.33. The van der Waals surface area contributed by atoms with Crippen LogP contribution in [0.15, 0.2) is 70.6 Å². The third-order valence-electron chi connectivity index (χ3n) is 3.20. The van der Waals surface area contributed by atoms with Crippen LogP contribution in [0.4, 0.5) is 5.69 Å². The third kappa shape index (κ3) is 2.62. The number of carbonyl (C=O) groups is 2. The van der Waals surface area contributed by atoms with E-state index in [0.717, 1.165) is 10.6 Å². The van der Waals surface area contributed by atoms with Crippen molar-refractivity contribution in [2.75, 3.05) is 4.90 Å². The number of carbonyl (C=O) groups excluding carboxylic acids is 2. The molecule has 0 saturated heterocycles. The van der Waals surface area contributed by atoms with Crippen LogP contribution in [-0.2, 0) is 4.79 Å². The van der Waals surface area contributed by atoms with Gasteiger partial charge in [0.05, 0.1) is 4.91 Å². The number of anilines is 1. The fourth-order valence-corrected chi connectivity index (χ4v) is 3.19. The SMILES string of the molecule is CC(=O)N(C=C1Sc2ccccc2C1=O)c1ccccc1. The number of allylic oxidation sites excluding steroid dienone is 1. The van der Waals surface area contributed by atoms with Crippen LogP contribution < -0.4 is 4.90 Å². The number of ketones is 1. The van der Waals surface area contributed by atoms with Gasteiger partial charge in [0, 0.05) is 29.3 Å². The Kier molecular flexibility index (Phi) is 3.62. The van der Waals surface area contributed by atoms with Crippen LogP contribution in [0, 0.1) is 0 Å². The van der Waals surface area contributed by atoms with Crippen molar-refractivity contribution in [1.82, 2.24) is 0 Å².